The standard InChI is InChI=1S/C19H20N4O2/c1-23-7-6-20-18(23)19(25)22-17(13-9-15(24)10-13)14-8-12-4-2-3-5-16(12)21-11-14/h2-8,11,13,15,17,24H,9-10H2,1H3,(H,22,25). The Morgan fingerprint density at radius 3 is 2.84 bits per heavy atom. The highest BCUT2D eigenvalue weighted by Gasteiger charge is 2.36. The molecular weight excluding hydrogens is 316 g/mol. The van der Waals surface area contributed by atoms with Gasteiger partial charge in [-0.3, -0.25) is 9.78 Å². The van der Waals surface area contributed by atoms with Crippen LogP contribution in [0.15, 0.2) is 48.9 Å². The van der Waals surface area contributed by atoms with Crippen LogP contribution in [0, 0.1) is 5.92 Å². The average molecular weight is 336 g/mol. The van der Waals surface area contributed by atoms with E-state index in [0.717, 1.165) is 16.5 Å². The van der Waals surface area contributed by atoms with Crippen molar-refractivity contribution in [2.24, 2.45) is 13.0 Å². The van der Waals surface area contributed by atoms with Gasteiger partial charge in [-0.1, -0.05) is 18.2 Å². The highest BCUT2D eigenvalue weighted by molar-refractivity contribution is 5.91. The predicted octanol–water partition coefficient (Wildman–Crippen LogP) is 2.21. The molecule has 1 unspecified atom stereocenters. The van der Waals surface area contributed by atoms with E-state index in [1.54, 1.807) is 24.0 Å². The lowest BCUT2D eigenvalue weighted by Crippen LogP contribution is -2.42. The van der Waals surface area contributed by atoms with Crippen molar-refractivity contribution < 1.29 is 9.90 Å². The molecule has 1 aliphatic rings. The zero-order valence-corrected chi connectivity index (χ0v) is 14.0. The van der Waals surface area contributed by atoms with Crippen molar-refractivity contribution in [1.29, 1.82) is 0 Å². The Balaban J connectivity index is 1.65. The van der Waals surface area contributed by atoms with E-state index in [4.69, 9.17) is 0 Å². The third-order valence-electron chi connectivity index (χ3n) is 4.90. The van der Waals surface area contributed by atoms with Gasteiger partial charge in [0.25, 0.3) is 5.91 Å². The second kappa shape index (κ2) is 6.29. The number of aromatic nitrogens is 3. The summed E-state index contributed by atoms with van der Waals surface area (Å²) in [7, 11) is 1.79. The van der Waals surface area contributed by atoms with Crippen LogP contribution in [0.25, 0.3) is 10.9 Å². The number of aliphatic hydroxyl groups is 1. The first-order valence-corrected chi connectivity index (χ1v) is 8.43. The number of nitrogens with one attached hydrogen (secondary N) is 1. The number of aliphatic hydroxyl groups excluding tert-OH is 1. The number of pyridine rings is 1. The summed E-state index contributed by atoms with van der Waals surface area (Å²) in [5.74, 6) is 0.354. The molecule has 0 spiro atoms. The third kappa shape index (κ3) is 3.00. The quantitative estimate of drug-likeness (QED) is 0.765. The van der Waals surface area contributed by atoms with Crippen LogP contribution < -0.4 is 5.32 Å². The van der Waals surface area contributed by atoms with Gasteiger partial charge in [-0.25, -0.2) is 4.98 Å². The highest BCUT2D eigenvalue weighted by Crippen LogP contribution is 2.38. The van der Waals surface area contributed by atoms with Crippen LogP contribution >= 0.6 is 0 Å². The molecule has 1 aromatic carbocycles. The molecule has 1 amide bonds. The SMILES string of the molecule is Cn1ccnc1C(=O)NC(c1cnc2ccccc2c1)C1CC(O)C1. The maximum atomic E-state index is 12.6. The molecule has 0 bridgehead atoms. The minimum absolute atomic E-state index is 0.190. The first-order valence-electron chi connectivity index (χ1n) is 8.43. The number of para-hydroxylation sites is 1. The number of aryl methyl sites for hydroxylation is 1. The molecule has 6 heteroatoms. The Labute approximate surface area is 145 Å². The van der Waals surface area contributed by atoms with E-state index in [1.165, 1.54) is 0 Å². The lowest BCUT2D eigenvalue weighted by molar-refractivity contribution is 0.0233. The number of carbonyl (C=O) groups is 1. The van der Waals surface area contributed by atoms with Gasteiger partial charge < -0.3 is 15.0 Å². The zero-order chi connectivity index (χ0) is 17.4. The second-order valence-corrected chi connectivity index (χ2v) is 6.66. The Kier molecular flexibility index (Phi) is 3.97. The molecule has 2 aromatic heterocycles. The molecule has 3 aromatic rings. The summed E-state index contributed by atoms with van der Waals surface area (Å²) in [6.45, 7) is 0. The first kappa shape index (κ1) is 15.8. The van der Waals surface area contributed by atoms with Crippen molar-refractivity contribution in [3.8, 4) is 0 Å². The van der Waals surface area contributed by atoms with Gasteiger partial charge >= 0.3 is 0 Å². The number of benzene rings is 1. The fourth-order valence-corrected chi connectivity index (χ4v) is 3.42. The normalized spacial score (nSPS) is 20.9. The largest absolute Gasteiger partial charge is 0.393 e. The van der Waals surface area contributed by atoms with E-state index >= 15 is 0 Å². The zero-order valence-electron chi connectivity index (χ0n) is 14.0. The van der Waals surface area contributed by atoms with Crippen LogP contribution in [-0.4, -0.2) is 31.7 Å². The Bertz CT molecular complexity index is 914. The Morgan fingerprint density at radius 2 is 2.12 bits per heavy atom. The number of hydrogen-bond donors (Lipinski definition) is 2. The summed E-state index contributed by atoms with van der Waals surface area (Å²) < 4.78 is 1.70. The topological polar surface area (TPSA) is 80.0 Å². The number of rotatable bonds is 4. The van der Waals surface area contributed by atoms with E-state index in [-0.39, 0.29) is 24.0 Å². The number of carbonyl (C=O) groups excluding carboxylic acids is 1. The summed E-state index contributed by atoms with van der Waals surface area (Å²) in [4.78, 5) is 21.3. The van der Waals surface area contributed by atoms with Crippen LogP contribution in [0.5, 0.6) is 0 Å². The van der Waals surface area contributed by atoms with Crippen LogP contribution in [0.2, 0.25) is 0 Å². The molecule has 1 fully saturated rings. The van der Waals surface area contributed by atoms with Crippen molar-refractivity contribution >= 4 is 16.8 Å². The molecule has 1 saturated carbocycles. The highest BCUT2D eigenvalue weighted by atomic mass is 16.3. The smallest absolute Gasteiger partial charge is 0.287 e. The summed E-state index contributed by atoms with van der Waals surface area (Å²) in [5.41, 5.74) is 1.88. The Morgan fingerprint density at radius 1 is 1.32 bits per heavy atom. The summed E-state index contributed by atoms with van der Waals surface area (Å²) >= 11 is 0. The summed E-state index contributed by atoms with van der Waals surface area (Å²) in [6.07, 6.45) is 6.24. The van der Waals surface area contributed by atoms with Gasteiger partial charge in [-0.2, -0.15) is 0 Å². The fourth-order valence-electron chi connectivity index (χ4n) is 3.42. The summed E-state index contributed by atoms with van der Waals surface area (Å²) in [5, 5.41) is 13.8. The molecule has 1 aliphatic carbocycles. The van der Waals surface area contributed by atoms with Gasteiger partial charge in [-0.05, 0) is 36.5 Å². The minimum Gasteiger partial charge on any atom is -0.393 e. The molecule has 2 N–H and O–H groups in total. The average Bonchev–Trinajstić information content (AvgIpc) is 3.03. The van der Waals surface area contributed by atoms with Crippen molar-refractivity contribution in [2.75, 3.05) is 0 Å². The van der Waals surface area contributed by atoms with Gasteiger partial charge in [0.2, 0.25) is 0 Å². The van der Waals surface area contributed by atoms with E-state index in [1.807, 2.05) is 30.5 Å². The van der Waals surface area contributed by atoms with Crippen LogP contribution in [0.3, 0.4) is 0 Å². The molecule has 6 nitrogen and oxygen atoms in total. The molecule has 0 aliphatic heterocycles. The van der Waals surface area contributed by atoms with Crippen molar-refractivity contribution in [1.82, 2.24) is 19.9 Å². The third-order valence-corrected chi connectivity index (χ3v) is 4.90. The number of amides is 1. The van der Waals surface area contributed by atoms with E-state index < -0.39 is 0 Å². The molecule has 25 heavy (non-hydrogen) atoms. The van der Waals surface area contributed by atoms with Crippen molar-refractivity contribution in [3.63, 3.8) is 0 Å². The van der Waals surface area contributed by atoms with E-state index in [2.05, 4.69) is 21.4 Å². The molecule has 128 valence electrons. The summed E-state index contributed by atoms with van der Waals surface area (Å²) in [6, 6.07) is 9.79. The van der Waals surface area contributed by atoms with E-state index in [0.29, 0.717) is 18.7 Å². The lowest BCUT2D eigenvalue weighted by Gasteiger charge is -2.38. The number of fused-ring (bicyclic) bond motifs is 1. The van der Waals surface area contributed by atoms with Crippen LogP contribution in [0.1, 0.15) is 35.1 Å². The predicted molar refractivity (Wildman–Crippen MR) is 93.9 cm³/mol. The van der Waals surface area contributed by atoms with Gasteiger partial charge in [0, 0.05) is 31.0 Å². The van der Waals surface area contributed by atoms with Gasteiger partial charge in [0.15, 0.2) is 5.82 Å². The lowest BCUT2D eigenvalue weighted by atomic mass is 9.75. The van der Waals surface area contributed by atoms with Gasteiger partial charge in [-0.15, -0.1) is 0 Å². The number of imidazole rings is 1. The molecule has 2 heterocycles. The molecule has 1 atom stereocenters. The number of hydrogen-bond acceptors (Lipinski definition) is 4. The first-order chi connectivity index (χ1) is 12.1. The molecular formula is C19H20N4O2. The van der Waals surface area contributed by atoms with Crippen LogP contribution in [-0.2, 0) is 7.05 Å². The minimum atomic E-state index is -0.286. The molecule has 0 saturated heterocycles. The Hall–Kier alpha value is -2.73. The van der Waals surface area contributed by atoms with Gasteiger partial charge in [0.1, 0.15) is 0 Å². The molecule has 4 rings (SSSR count). The fraction of sp³-hybridized carbons (Fsp3) is 0.316. The van der Waals surface area contributed by atoms with Crippen LogP contribution in [0.4, 0.5) is 0 Å². The van der Waals surface area contributed by atoms with Crippen molar-refractivity contribution in [2.45, 2.75) is 25.0 Å². The monoisotopic (exact) mass is 336 g/mol. The maximum absolute atomic E-state index is 12.6. The van der Waals surface area contributed by atoms with Gasteiger partial charge in [0.05, 0.1) is 17.7 Å². The number of nitrogens with zero attached hydrogens (tertiary/aromatic N) is 3. The second-order valence-electron chi connectivity index (χ2n) is 6.66. The van der Waals surface area contributed by atoms with Crippen molar-refractivity contribution in [3.05, 3.63) is 60.3 Å². The van der Waals surface area contributed by atoms with E-state index in [9.17, 15) is 9.90 Å². The maximum Gasteiger partial charge on any atom is 0.287 e. The molecule has 0 radical (unpaired) electrons.